The number of para-hydroxylation sites is 1. The first-order valence-electron chi connectivity index (χ1n) is 9.62. The Morgan fingerprint density at radius 2 is 1.91 bits per heavy atom. The minimum atomic E-state index is -0.211. The SMILES string of the molecule is O=C(CSc1nnc(-c2ccc3c(c2)OCO3)n1-c1ccccc1)Nc1ccc(Cl)cn1. The van der Waals surface area contributed by atoms with Crippen molar-refractivity contribution >= 4 is 35.1 Å². The summed E-state index contributed by atoms with van der Waals surface area (Å²) in [6.07, 6.45) is 1.48. The lowest BCUT2D eigenvalue weighted by molar-refractivity contribution is -0.113. The Hall–Kier alpha value is -3.56. The lowest BCUT2D eigenvalue weighted by atomic mass is 10.2. The van der Waals surface area contributed by atoms with Crippen molar-refractivity contribution < 1.29 is 14.3 Å². The first kappa shape index (κ1) is 20.3. The molecule has 2 aromatic heterocycles. The van der Waals surface area contributed by atoms with Crippen LogP contribution in [0, 0.1) is 0 Å². The number of pyridine rings is 1. The summed E-state index contributed by atoms with van der Waals surface area (Å²) in [6, 6.07) is 18.7. The van der Waals surface area contributed by atoms with Crippen LogP contribution in [-0.4, -0.2) is 38.2 Å². The number of fused-ring (bicyclic) bond motifs is 1. The van der Waals surface area contributed by atoms with Crippen molar-refractivity contribution in [1.82, 2.24) is 19.7 Å². The van der Waals surface area contributed by atoms with E-state index in [4.69, 9.17) is 21.1 Å². The predicted molar refractivity (Wildman–Crippen MR) is 122 cm³/mol. The van der Waals surface area contributed by atoms with Crippen LogP contribution in [0.4, 0.5) is 5.82 Å². The van der Waals surface area contributed by atoms with Gasteiger partial charge < -0.3 is 14.8 Å². The van der Waals surface area contributed by atoms with Crippen molar-refractivity contribution in [3.05, 3.63) is 71.9 Å². The molecule has 0 radical (unpaired) electrons. The van der Waals surface area contributed by atoms with Gasteiger partial charge in [0.25, 0.3) is 0 Å². The zero-order chi connectivity index (χ0) is 21.9. The van der Waals surface area contributed by atoms with Crippen LogP contribution in [0.3, 0.4) is 0 Å². The topological polar surface area (TPSA) is 91.2 Å². The third kappa shape index (κ3) is 4.25. The van der Waals surface area contributed by atoms with Gasteiger partial charge in [-0.1, -0.05) is 41.6 Å². The van der Waals surface area contributed by atoms with Crippen LogP contribution < -0.4 is 14.8 Å². The van der Waals surface area contributed by atoms with Gasteiger partial charge in [-0.25, -0.2) is 4.98 Å². The molecule has 0 unspecified atom stereocenters. The van der Waals surface area contributed by atoms with Crippen LogP contribution in [0.15, 0.2) is 72.0 Å². The van der Waals surface area contributed by atoms with Gasteiger partial charge in [-0.2, -0.15) is 0 Å². The third-order valence-corrected chi connectivity index (χ3v) is 5.76. The number of benzene rings is 2. The van der Waals surface area contributed by atoms with E-state index in [2.05, 4.69) is 20.5 Å². The van der Waals surface area contributed by atoms with Gasteiger partial charge in [0, 0.05) is 17.4 Å². The van der Waals surface area contributed by atoms with Gasteiger partial charge in [-0.3, -0.25) is 9.36 Å². The molecule has 160 valence electrons. The molecule has 4 aromatic rings. The molecule has 0 fully saturated rings. The Labute approximate surface area is 192 Å². The Morgan fingerprint density at radius 3 is 2.72 bits per heavy atom. The Kier molecular flexibility index (Phi) is 5.66. The zero-order valence-electron chi connectivity index (χ0n) is 16.6. The molecule has 1 N–H and O–H groups in total. The fraction of sp³-hybridized carbons (Fsp3) is 0.0909. The van der Waals surface area contributed by atoms with Crippen LogP contribution >= 0.6 is 23.4 Å². The molecule has 1 amide bonds. The number of carbonyl (C=O) groups is 1. The van der Waals surface area contributed by atoms with Crippen molar-refractivity contribution in [3.63, 3.8) is 0 Å². The highest BCUT2D eigenvalue weighted by molar-refractivity contribution is 7.99. The maximum absolute atomic E-state index is 12.4. The molecule has 2 aromatic carbocycles. The number of halogens is 1. The minimum Gasteiger partial charge on any atom is -0.454 e. The zero-order valence-corrected chi connectivity index (χ0v) is 18.1. The molecule has 0 saturated heterocycles. The van der Waals surface area contributed by atoms with Crippen molar-refractivity contribution in [2.75, 3.05) is 17.9 Å². The van der Waals surface area contributed by atoms with Gasteiger partial charge in [0.2, 0.25) is 12.7 Å². The second-order valence-electron chi connectivity index (χ2n) is 6.74. The summed E-state index contributed by atoms with van der Waals surface area (Å²) in [6.45, 7) is 0.197. The fourth-order valence-electron chi connectivity index (χ4n) is 3.15. The molecule has 8 nitrogen and oxygen atoms in total. The number of carbonyl (C=O) groups excluding carboxylic acids is 1. The number of ether oxygens (including phenoxy) is 2. The average molecular weight is 466 g/mol. The lowest BCUT2D eigenvalue weighted by Gasteiger charge is -2.11. The maximum atomic E-state index is 12.4. The van der Waals surface area contributed by atoms with Crippen molar-refractivity contribution in [1.29, 1.82) is 0 Å². The first-order valence-corrected chi connectivity index (χ1v) is 11.0. The average Bonchev–Trinajstić information content (AvgIpc) is 3.46. The number of nitrogens with one attached hydrogen (secondary N) is 1. The van der Waals surface area contributed by atoms with E-state index in [1.807, 2.05) is 53.1 Å². The quantitative estimate of drug-likeness (QED) is 0.421. The molecule has 0 spiro atoms. The van der Waals surface area contributed by atoms with Gasteiger partial charge in [0.1, 0.15) is 5.82 Å². The van der Waals surface area contributed by atoms with E-state index in [9.17, 15) is 4.79 Å². The van der Waals surface area contributed by atoms with Gasteiger partial charge in [0.05, 0.1) is 10.8 Å². The summed E-state index contributed by atoms with van der Waals surface area (Å²) < 4.78 is 12.8. The standard InChI is InChI=1S/C22H16ClN5O3S/c23-15-7-9-19(24-11-15)25-20(29)12-32-22-27-26-21(28(22)16-4-2-1-3-5-16)14-6-8-17-18(10-14)31-13-30-17/h1-11H,12-13H2,(H,24,25,29). The first-order chi connectivity index (χ1) is 15.7. The molecule has 1 aliphatic rings. The number of hydrogen-bond donors (Lipinski definition) is 1. The maximum Gasteiger partial charge on any atom is 0.236 e. The summed E-state index contributed by atoms with van der Waals surface area (Å²) in [4.78, 5) is 16.5. The number of rotatable bonds is 6. The molecular formula is C22H16ClN5O3S. The molecule has 10 heteroatoms. The number of anilines is 1. The molecule has 32 heavy (non-hydrogen) atoms. The highest BCUT2D eigenvalue weighted by Crippen LogP contribution is 2.37. The fourth-order valence-corrected chi connectivity index (χ4v) is 4.02. The van der Waals surface area contributed by atoms with E-state index >= 15 is 0 Å². The smallest absolute Gasteiger partial charge is 0.236 e. The Morgan fingerprint density at radius 1 is 1.06 bits per heavy atom. The summed E-state index contributed by atoms with van der Waals surface area (Å²) >= 11 is 7.12. The van der Waals surface area contributed by atoms with E-state index in [1.165, 1.54) is 18.0 Å². The number of aromatic nitrogens is 4. The van der Waals surface area contributed by atoms with Crippen LogP contribution in [0.25, 0.3) is 17.1 Å². The van der Waals surface area contributed by atoms with Crippen LogP contribution in [0.2, 0.25) is 5.02 Å². The minimum absolute atomic E-state index is 0.135. The lowest BCUT2D eigenvalue weighted by Crippen LogP contribution is -2.15. The Bertz CT molecular complexity index is 1260. The number of thioether (sulfide) groups is 1. The molecular weight excluding hydrogens is 450 g/mol. The monoisotopic (exact) mass is 465 g/mol. The highest BCUT2D eigenvalue weighted by atomic mass is 35.5. The molecule has 3 heterocycles. The summed E-state index contributed by atoms with van der Waals surface area (Å²) in [5.74, 6) is 2.35. The van der Waals surface area contributed by atoms with Gasteiger partial charge in [-0.15, -0.1) is 10.2 Å². The van der Waals surface area contributed by atoms with Gasteiger partial charge in [-0.05, 0) is 42.5 Å². The van der Waals surface area contributed by atoms with Crippen molar-refractivity contribution in [3.8, 4) is 28.6 Å². The van der Waals surface area contributed by atoms with Gasteiger partial charge in [0.15, 0.2) is 22.5 Å². The molecule has 1 aliphatic heterocycles. The summed E-state index contributed by atoms with van der Waals surface area (Å²) in [5.41, 5.74) is 1.71. The largest absolute Gasteiger partial charge is 0.454 e. The number of amides is 1. The van der Waals surface area contributed by atoms with Crippen LogP contribution in [-0.2, 0) is 4.79 Å². The molecule has 0 atom stereocenters. The van der Waals surface area contributed by atoms with Crippen molar-refractivity contribution in [2.24, 2.45) is 0 Å². The van der Waals surface area contributed by atoms with E-state index in [-0.39, 0.29) is 18.5 Å². The molecule has 0 saturated carbocycles. The number of nitrogens with zero attached hydrogens (tertiary/aromatic N) is 4. The Balaban J connectivity index is 1.41. The molecule has 0 bridgehead atoms. The highest BCUT2D eigenvalue weighted by Gasteiger charge is 2.20. The molecule has 0 aliphatic carbocycles. The van der Waals surface area contributed by atoms with Crippen LogP contribution in [0.1, 0.15) is 0 Å². The number of hydrogen-bond acceptors (Lipinski definition) is 7. The summed E-state index contributed by atoms with van der Waals surface area (Å²) in [5, 5.41) is 12.6. The van der Waals surface area contributed by atoms with Crippen molar-refractivity contribution in [2.45, 2.75) is 5.16 Å². The van der Waals surface area contributed by atoms with Gasteiger partial charge >= 0.3 is 0 Å². The predicted octanol–water partition coefficient (Wildman–Crippen LogP) is 4.44. The normalized spacial score (nSPS) is 12.0. The second-order valence-corrected chi connectivity index (χ2v) is 8.12. The van der Waals surface area contributed by atoms with E-state index in [0.717, 1.165) is 11.3 Å². The van der Waals surface area contributed by atoms with E-state index < -0.39 is 0 Å². The summed E-state index contributed by atoms with van der Waals surface area (Å²) in [7, 11) is 0. The van der Waals surface area contributed by atoms with E-state index in [1.54, 1.807) is 12.1 Å². The van der Waals surface area contributed by atoms with E-state index in [0.29, 0.717) is 33.3 Å². The van der Waals surface area contributed by atoms with Crippen LogP contribution in [0.5, 0.6) is 11.5 Å². The second kappa shape index (κ2) is 8.89. The molecule has 5 rings (SSSR count). The third-order valence-electron chi connectivity index (χ3n) is 4.61.